The fourth-order valence-corrected chi connectivity index (χ4v) is 6.33. The zero-order valence-corrected chi connectivity index (χ0v) is 27.0. The van der Waals surface area contributed by atoms with Crippen molar-refractivity contribution in [2.24, 2.45) is 0 Å². The van der Waals surface area contributed by atoms with Crippen LogP contribution in [-0.2, 0) is 32.2 Å². The highest BCUT2D eigenvalue weighted by molar-refractivity contribution is 7.99. The fraction of sp³-hybridized carbons (Fsp3) is 0.324. The smallest absolute Gasteiger partial charge is 0.243 e. The van der Waals surface area contributed by atoms with Crippen LogP contribution in [0.2, 0.25) is 0 Å². The lowest BCUT2D eigenvalue weighted by Gasteiger charge is -2.36. The molecule has 0 radical (unpaired) electrons. The Morgan fingerprint density at radius 1 is 0.809 bits per heavy atom. The second kappa shape index (κ2) is 17.7. The van der Waals surface area contributed by atoms with E-state index in [-0.39, 0.29) is 31.1 Å². The van der Waals surface area contributed by atoms with Crippen molar-refractivity contribution in [2.75, 3.05) is 5.75 Å². The molecule has 2 amide bonds. The molecule has 1 aromatic heterocycles. The van der Waals surface area contributed by atoms with E-state index in [0.717, 1.165) is 50.6 Å². The third-order valence-corrected chi connectivity index (χ3v) is 9.09. The van der Waals surface area contributed by atoms with Gasteiger partial charge in [0, 0.05) is 43.3 Å². The number of ether oxygens (including phenoxy) is 2. The molecule has 2 heterocycles. The highest BCUT2D eigenvalue weighted by atomic mass is 32.2. The summed E-state index contributed by atoms with van der Waals surface area (Å²) < 4.78 is 13.1. The minimum Gasteiger partial charge on any atom is -0.392 e. The Kier molecular flexibility index (Phi) is 12.9. The number of unbranched alkanes of at least 4 members (excludes halogenated alkanes) is 2. The van der Waals surface area contributed by atoms with Crippen LogP contribution in [0.4, 0.5) is 0 Å². The molecule has 47 heavy (non-hydrogen) atoms. The molecule has 0 bridgehead atoms. The number of benzene rings is 3. The highest BCUT2D eigenvalue weighted by Crippen LogP contribution is 2.40. The van der Waals surface area contributed by atoms with E-state index >= 15 is 0 Å². The van der Waals surface area contributed by atoms with Crippen molar-refractivity contribution in [3.8, 4) is 11.1 Å². The molecule has 3 atom stereocenters. The molecule has 0 aliphatic carbocycles. The third-order valence-electron chi connectivity index (χ3n) is 8.01. The maximum atomic E-state index is 12.4. The van der Waals surface area contributed by atoms with Gasteiger partial charge in [-0.25, -0.2) is 10.5 Å². The molecule has 4 aromatic rings. The van der Waals surface area contributed by atoms with Crippen LogP contribution in [0.1, 0.15) is 73.2 Å². The number of hydroxylamine groups is 1. The maximum Gasteiger partial charge on any atom is 0.243 e. The summed E-state index contributed by atoms with van der Waals surface area (Å²) in [5.41, 5.74) is 7.47. The van der Waals surface area contributed by atoms with Gasteiger partial charge < -0.3 is 19.9 Å². The van der Waals surface area contributed by atoms with Gasteiger partial charge in [-0.2, -0.15) is 0 Å². The molecule has 9 nitrogen and oxygen atoms in total. The molecular formula is C37H41N3O6S. The van der Waals surface area contributed by atoms with E-state index in [0.29, 0.717) is 32.2 Å². The van der Waals surface area contributed by atoms with Crippen LogP contribution in [0.15, 0.2) is 102 Å². The van der Waals surface area contributed by atoms with Gasteiger partial charge in [0.2, 0.25) is 11.8 Å². The molecule has 0 unspecified atom stereocenters. The summed E-state index contributed by atoms with van der Waals surface area (Å²) in [6.45, 7) is 0.413. The van der Waals surface area contributed by atoms with Gasteiger partial charge in [-0.3, -0.25) is 14.8 Å². The number of nitrogens with one attached hydrogen (secondary N) is 2. The normalized spacial score (nSPS) is 17.6. The zero-order valence-electron chi connectivity index (χ0n) is 26.2. The number of aliphatic hydroxyl groups is 1. The molecule has 1 aliphatic rings. The first kappa shape index (κ1) is 34.3. The lowest BCUT2D eigenvalue weighted by atomic mass is 9.99. The lowest BCUT2D eigenvalue weighted by molar-refractivity contribution is -0.245. The minimum absolute atomic E-state index is 0.00368. The Hall–Kier alpha value is -4.06. The Morgan fingerprint density at radius 3 is 2.32 bits per heavy atom. The highest BCUT2D eigenvalue weighted by Gasteiger charge is 2.32. The quantitative estimate of drug-likeness (QED) is 0.0485. The van der Waals surface area contributed by atoms with Crippen molar-refractivity contribution >= 4 is 23.6 Å². The number of aliphatic hydroxyl groups excluding tert-OH is 1. The molecule has 0 spiro atoms. The Bertz CT molecular complexity index is 1590. The summed E-state index contributed by atoms with van der Waals surface area (Å²) in [6, 6.07) is 30.1. The number of thioether (sulfide) groups is 1. The van der Waals surface area contributed by atoms with Gasteiger partial charge in [-0.1, -0.05) is 73.2 Å². The average Bonchev–Trinajstić information content (AvgIpc) is 3.13. The van der Waals surface area contributed by atoms with Crippen molar-refractivity contribution in [1.82, 2.24) is 15.8 Å². The van der Waals surface area contributed by atoms with E-state index in [4.69, 9.17) is 14.7 Å². The second-order valence-electron chi connectivity index (χ2n) is 11.5. The van der Waals surface area contributed by atoms with Crippen molar-refractivity contribution in [2.45, 2.75) is 75.2 Å². The molecule has 1 aliphatic heterocycles. The number of aromatic nitrogens is 1. The number of rotatable bonds is 15. The number of hydrogen-bond acceptors (Lipinski definition) is 8. The van der Waals surface area contributed by atoms with Gasteiger partial charge in [0.05, 0.1) is 23.8 Å². The van der Waals surface area contributed by atoms with Crippen LogP contribution in [0, 0.1) is 0 Å². The molecule has 5 rings (SSSR count). The van der Waals surface area contributed by atoms with E-state index in [9.17, 15) is 14.7 Å². The Labute approximate surface area is 279 Å². The van der Waals surface area contributed by atoms with Crippen molar-refractivity contribution in [3.05, 3.63) is 119 Å². The number of pyridine rings is 1. The molecule has 3 aromatic carbocycles. The number of carbonyl (C=O) groups is 2. The molecule has 1 fully saturated rings. The minimum atomic E-state index is -0.568. The molecule has 0 saturated carbocycles. The number of nitrogens with zero attached hydrogens (tertiary/aromatic N) is 1. The van der Waals surface area contributed by atoms with Crippen molar-refractivity contribution in [3.63, 3.8) is 0 Å². The van der Waals surface area contributed by atoms with Gasteiger partial charge in [-0.15, -0.1) is 11.8 Å². The van der Waals surface area contributed by atoms with Gasteiger partial charge in [0.25, 0.3) is 0 Å². The van der Waals surface area contributed by atoms with Gasteiger partial charge >= 0.3 is 0 Å². The van der Waals surface area contributed by atoms with Gasteiger partial charge in [0.1, 0.15) is 0 Å². The first-order valence-corrected chi connectivity index (χ1v) is 16.9. The summed E-state index contributed by atoms with van der Waals surface area (Å²) in [4.78, 5) is 27.9. The zero-order chi connectivity index (χ0) is 32.8. The van der Waals surface area contributed by atoms with E-state index in [1.54, 1.807) is 23.4 Å². The summed E-state index contributed by atoms with van der Waals surface area (Å²) in [5.74, 6) is 0.288. The van der Waals surface area contributed by atoms with E-state index in [1.807, 2.05) is 72.8 Å². The van der Waals surface area contributed by atoms with Crippen molar-refractivity contribution < 1.29 is 29.4 Å². The Balaban J connectivity index is 1.24. The Morgan fingerprint density at radius 2 is 1.57 bits per heavy atom. The van der Waals surface area contributed by atoms with Gasteiger partial charge in [-0.05, 0) is 64.9 Å². The fourth-order valence-electron chi connectivity index (χ4n) is 5.45. The summed E-state index contributed by atoms with van der Waals surface area (Å²) in [5, 5.41) is 22.0. The summed E-state index contributed by atoms with van der Waals surface area (Å²) in [6.07, 6.45) is 4.36. The predicted molar refractivity (Wildman–Crippen MR) is 180 cm³/mol. The van der Waals surface area contributed by atoms with Crippen molar-refractivity contribution in [1.29, 1.82) is 0 Å². The standard InChI is InChI=1S/C37H41N3O6S/c41-24-26-15-17-28(18-16-26)33-22-32(25-47-36-14-4-5-19-38-36)45-37(46-33)31-11-7-10-30(21-31)29-9-6-8-27(20-29)23-39-34(42)12-2-1-3-13-35(43)40-44/h4-11,14-21,32-33,37,41,44H,1-3,12-13,22-25H2,(H,39,42)(H,40,43)/t32-,33+,37+/m1/s1. The van der Waals surface area contributed by atoms with Crippen LogP contribution >= 0.6 is 11.8 Å². The lowest BCUT2D eigenvalue weighted by Crippen LogP contribution is -2.31. The topological polar surface area (TPSA) is 130 Å². The average molecular weight is 656 g/mol. The maximum absolute atomic E-state index is 12.4. The number of hydrogen-bond donors (Lipinski definition) is 4. The summed E-state index contributed by atoms with van der Waals surface area (Å²) in [7, 11) is 0. The molecule has 4 N–H and O–H groups in total. The number of carbonyl (C=O) groups excluding carboxylic acids is 2. The van der Waals surface area contributed by atoms with E-state index < -0.39 is 12.2 Å². The third kappa shape index (κ3) is 10.5. The second-order valence-corrected chi connectivity index (χ2v) is 12.6. The van der Waals surface area contributed by atoms with Crippen LogP contribution in [-0.4, -0.2) is 39.0 Å². The molecule has 1 saturated heterocycles. The predicted octanol–water partition coefficient (Wildman–Crippen LogP) is 6.65. The molecule has 10 heteroatoms. The monoisotopic (exact) mass is 655 g/mol. The number of amides is 2. The van der Waals surface area contributed by atoms with E-state index in [2.05, 4.69) is 28.5 Å². The first-order valence-electron chi connectivity index (χ1n) is 15.9. The van der Waals surface area contributed by atoms with Gasteiger partial charge in [0.15, 0.2) is 6.29 Å². The summed E-state index contributed by atoms with van der Waals surface area (Å²) >= 11 is 1.67. The first-order chi connectivity index (χ1) is 23.0. The van der Waals surface area contributed by atoms with E-state index in [1.165, 1.54) is 0 Å². The van der Waals surface area contributed by atoms with Crippen LogP contribution in [0.25, 0.3) is 11.1 Å². The largest absolute Gasteiger partial charge is 0.392 e. The van der Waals surface area contributed by atoms with Crippen LogP contribution < -0.4 is 10.8 Å². The molecule has 246 valence electrons. The SMILES string of the molecule is O=C(CCCCCC(=O)NCc1cccc(-c2cccc([C@H]3O[C@@H](CSc4ccccn4)C[C@@H](c4ccc(CO)cc4)O3)c2)c1)NO. The molecular weight excluding hydrogens is 614 g/mol. The van der Waals surface area contributed by atoms with Crippen LogP contribution in [0.5, 0.6) is 0 Å². The van der Waals surface area contributed by atoms with Crippen LogP contribution in [0.3, 0.4) is 0 Å².